The highest BCUT2D eigenvalue weighted by atomic mass is 16.5. The SMILES string of the molecule is CCCCCCCCCCCCCC(=O)O[C@H]1CC[C@]2(C)[C@H]3CC=C4[C@H]5C(C)[C@H](C)CC[C@]5(C(=O)O)CC[C@@]4(C)[C@]3(C)CC[C@H]2C1(C)C. The topological polar surface area (TPSA) is 63.6 Å². The zero-order valence-electron chi connectivity index (χ0n) is 32.6. The Morgan fingerprint density at radius 1 is 0.771 bits per heavy atom. The van der Waals surface area contributed by atoms with Gasteiger partial charge >= 0.3 is 11.9 Å². The van der Waals surface area contributed by atoms with Gasteiger partial charge in [-0.25, -0.2) is 0 Å². The highest BCUT2D eigenvalue weighted by Gasteiger charge is 2.69. The molecule has 5 aliphatic carbocycles. The van der Waals surface area contributed by atoms with E-state index in [2.05, 4.69) is 61.5 Å². The molecular weight excluding hydrogens is 592 g/mol. The first kappa shape index (κ1) is 37.9. The summed E-state index contributed by atoms with van der Waals surface area (Å²) in [6.45, 7) is 19.5. The molecule has 4 fully saturated rings. The first-order valence-electron chi connectivity index (χ1n) is 20.8. The van der Waals surface area contributed by atoms with Crippen molar-refractivity contribution < 1.29 is 19.4 Å². The van der Waals surface area contributed by atoms with Crippen LogP contribution in [-0.2, 0) is 14.3 Å². The van der Waals surface area contributed by atoms with Crippen LogP contribution in [0.3, 0.4) is 0 Å². The molecule has 0 bridgehead atoms. The van der Waals surface area contributed by atoms with Crippen molar-refractivity contribution in [2.75, 3.05) is 0 Å². The molecule has 0 aromatic carbocycles. The van der Waals surface area contributed by atoms with E-state index < -0.39 is 11.4 Å². The van der Waals surface area contributed by atoms with Crippen LogP contribution >= 0.6 is 0 Å². The Morgan fingerprint density at radius 2 is 1.40 bits per heavy atom. The lowest BCUT2D eigenvalue weighted by Gasteiger charge is -2.71. The maximum atomic E-state index is 13.1. The molecule has 5 aliphatic rings. The number of carboxylic acids is 1. The average molecular weight is 667 g/mol. The van der Waals surface area contributed by atoms with E-state index in [-0.39, 0.29) is 39.7 Å². The molecule has 274 valence electrons. The standard InChI is InChI=1S/C44H74O4/c1-9-10-11-12-13-14-15-16-17-18-19-20-37(45)48-36-25-26-41(6)34(40(36,4)5)24-27-43(8)35(41)22-21-33-38-32(3)31(2)23-28-44(38,39(46)47)30-29-42(33,43)7/h21,31-32,34-36,38H,9-20,22-30H2,1-8H3,(H,46,47)/t31-,32?,34+,35-,36+,38-,41+,42-,43-,44+/m1/s1. The summed E-state index contributed by atoms with van der Waals surface area (Å²) in [5.41, 5.74) is 1.26. The number of hydrogen-bond acceptors (Lipinski definition) is 3. The van der Waals surface area contributed by atoms with Crippen LogP contribution in [0.1, 0.15) is 190 Å². The van der Waals surface area contributed by atoms with Crippen molar-refractivity contribution in [2.24, 2.45) is 56.7 Å². The minimum absolute atomic E-state index is 0.000796. The minimum atomic E-state index is -0.584. The van der Waals surface area contributed by atoms with Gasteiger partial charge in [0.1, 0.15) is 6.10 Å². The predicted octanol–water partition coefficient (Wildman–Crippen LogP) is 12.3. The zero-order valence-corrected chi connectivity index (χ0v) is 32.6. The van der Waals surface area contributed by atoms with Crippen LogP contribution in [-0.4, -0.2) is 23.1 Å². The number of esters is 1. The highest BCUT2D eigenvalue weighted by Crippen LogP contribution is 2.75. The lowest BCUT2D eigenvalue weighted by Crippen LogP contribution is -2.65. The summed E-state index contributed by atoms with van der Waals surface area (Å²) >= 11 is 0. The Bertz CT molecular complexity index is 1170. The highest BCUT2D eigenvalue weighted by molar-refractivity contribution is 5.76. The maximum absolute atomic E-state index is 13.1. The Morgan fingerprint density at radius 3 is 2.02 bits per heavy atom. The fourth-order valence-corrected chi connectivity index (χ4v) is 13.2. The van der Waals surface area contributed by atoms with Gasteiger partial charge < -0.3 is 9.84 Å². The quantitative estimate of drug-likeness (QED) is 0.114. The van der Waals surface area contributed by atoms with Crippen molar-refractivity contribution in [3.05, 3.63) is 11.6 Å². The van der Waals surface area contributed by atoms with Crippen LogP contribution in [0.4, 0.5) is 0 Å². The van der Waals surface area contributed by atoms with E-state index in [0.29, 0.717) is 30.1 Å². The van der Waals surface area contributed by atoms with Crippen LogP contribution in [0.15, 0.2) is 11.6 Å². The fourth-order valence-electron chi connectivity index (χ4n) is 13.2. The van der Waals surface area contributed by atoms with Crippen molar-refractivity contribution in [3.63, 3.8) is 0 Å². The summed E-state index contributed by atoms with van der Waals surface area (Å²) in [5.74, 6) is 1.69. The number of allylic oxidation sites excluding steroid dienone is 2. The Hall–Kier alpha value is -1.32. The average Bonchev–Trinajstić information content (AvgIpc) is 3.03. The molecule has 0 saturated heterocycles. The van der Waals surface area contributed by atoms with E-state index in [1.54, 1.807) is 0 Å². The molecule has 10 atom stereocenters. The monoisotopic (exact) mass is 667 g/mol. The van der Waals surface area contributed by atoms with E-state index in [9.17, 15) is 14.7 Å². The number of carbonyl (C=O) groups excluding carboxylic acids is 1. The molecule has 0 aliphatic heterocycles. The lowest BCUT2D eigenvalue weighted by atomic mass is 9.33. The summed E-state index contributed by atoms with van der Waals surface area (Å²) in [6.07, 6.45) is 26.5. The van der Waals surface area contributed by atoms with Gasteiger partial charge in [-0.1, -0.05) is 131 Å². The number of fused-ring (bicyclic) bond motifs is 7. The van der Waals surface area contributed by atoms with Crippen molar-refractivity contribution in [1.29, 1.82) is 0 Å². The van der Waals surface area contributed by atoms with Crippen molar-refractivity contribution in [1.82, 2.24) is 0 Å². The summed E-state index contributed by atoms with van der Waals surface area (Å²) in [6, 6.07) is 0. The molecule has 1 N–H and O–H groups in total. The number of carboxylic acid groups (broad SMARTS) is 1. The molecule has 5 rings (SSSR count). The van der Waals surface area contributed by atoms with Gasteiger partial charge in [0.15, 0.2) is 0 Å². The molecule has 0 aromatic heterocycles. The van der Waals surface area contributed by atoms with E-state index >= 15 is 0 Å². The molecular formula is C44H74O4. The molecule has 0 radical (unpaired) electrons. The van der Waals surface area contributed by atoms with Crippen LogP contribution in [0.2, 0.25) is 0 Å². The van der Waals surface area contributed by atoms with Gasteiger partial charge in [0.2, 0.25) is 0 Å². The normalized spacial score (nSPS) is 41.6. The Kier molecular flexibility index (Phi) is 11.6. The number of unbranched alkanes of at least 4 members (excludes halogenated alkanes) is 10. The zero-order chi connectivity index (χ0) is 35.0. The first-order valence-corrected chi connectivity index (χ1v) is 20.8. The third kappa shape index (κ3) is 6.48. The molecule has 0 spiro atoms. The van der Waals surface area contributed by atoms with E-state index in [1.165, 1.54) is 76.2 Å². The van der Waals surface area contributed by atoms with Gasteiger partial charge in [0.25, 0.3) is 0 Å². The Labute approximate surface area is 295 Å². The number of aliphatic carboxylic acids is 1. The number of ether oxygens (including phenoxy) is 1. The van der Waals surface area contributed by atoms with Gasteiger partial charge in [0, 0.05) is 11.8 Å². The molecule has 0 heterocycles. The summed E-state index contributed by atoms with van der Waals surface area (Å²) in [4.78, 5) is 26.2. The van der Waals surface area contributed by atoms with Gasteiger partial charge in [0.05, 0.1) is 5.41 Å². The molecule has 0 amide bonds. The number of rotatable bonds is 14. The maximum Gasteiger partial charge on any atom is 0.310 e. The third-order valence-electron chi connectivity index (χ3n) is 16.6. The summed E-state index contributed by atoms with van der Waals surface area (Å²) < 4.78 is 6.37. The first-order chi connectivity index (χ1) is 22.7. The van der Waals surface area contributed by atoms with Crippen molar-refractivity contribution in [2.45, 2.75) is 196 Å². The predicted molar refractivity (Wildman–Crippen MR) is 198 cm³/mol. The minimum Gasteiger partial charge on any atom is -0.481 e. The molecule has 48 heavy (non-hydrogen) atoms. The van der Waals surface area contributed by atoms with Crippen molar-refractivity contribution in [3.8, 4) is 0 Å². The van der Waals surface area contributed by atoms with E-state index in [1.807, 2.05) is 0 Å². The van der Waals surface area contributed by atoms with E-state index in [0.717, 1.165) is 57.8 Å². The Balaban J connectivity index is 1.21. The summed E-state index contributed by atoms with van der Waals surface area (Å²) in [5, 5.41) is 10.7. The lowest BCUT2D eigenvalue weighted by molar-refractivity contribution is -0.214. The molecule has 4 heteroatoms. The fraction of sp³-hybridized carbons (Fsp3) is 0.909. The largest absolute Gasteiger partial charge is 0.481 e. The van der Waals surface area contributed by atoms with Gasteiger partial charge in [-0.2, -0.15) is 0 Å². The van der Waals surface area contributed by atoms with Crippen LogP contribution < -0.4 is 0 Å². The number of hydrogen-bond donors (Lipinski definition) is 1. The van der Waals surface area contributed by atoms with Gasteiger partial charge in [-0.3, -0.25) is 9.59 Å². The van der Waals surface area contributed by atoms with Gasteiger partial charge in [-0.15, -0.1) is 0 Å². The second-order valence-corrected chi connectivity index (χ2v) is 19.2. The second kappa shape index (κ2) is 14.7. The second-order valence-electron chi connectivity index (χ2n) is 19.2. The molecule has 4 nitrogen and oxygen atoms in total. The smallest absolute Gasteiger partial charge is 0.310 e. The number of carbonyl (C=O) groups is 2. The van der Waals surface area contributed by atoms with Crippen molar-refractivity contribution >= 4 is 11.9 Å². The van der Waals surface area contributed by atoms with Crippen LogP contribution in [0.25, 0.3) is 0 Å². The van der Waals surface area contributed by atoms with Crippen LogP contribution in [0, 0.1) is 56.7 Å². The van der Waals surface area contributed by atoms with E-state index in [4.69, 9.17) is 4.74 Å². The summed E-state index contributed by atoms with van der Waals surface area (Å²) in [7, 11) is 0. The van der Waals surface area contributed by atoms with Gasteiger partial charge in [-0.05, 0) is 110 Å². The van der Waals surface area contributed by atoms with Crippen LogP contribution in [0.5, 0.6) is 0 Å². The third-order valence-corrected chi connectivity index (χ3v) is 16.6. The molecule has 1 unspecified atom stereocenters. The molecule has 0 aromatic rings. The molecule has 4 saturated carbocycles.